The van der Waals surface area contributed by atoms with Crippen molar-refractivity contribution in [3.8, 4) is 0 Å². The van der Waals surface area contributed by atoms with Crippen molar-refractivity contribution >= 4 is 41.7 Å². The fourth-order valence-corrected chi connectivity index (χ4v) is 2.35. The molecule has 0 unspecified atom stereocenters. The molecule has 1 aromatic rings. The standard InChI is InChI=1S/C14H27N5S.HI/c1-6-15-14(17-9-10-20-5)16-8-7-13-11(2)18-19(4)12(13)3;/h6-10H2,1-5H3,(H2,15,16,17);1H. The zero-order valence-corrected chi connectivity index (χ0v) is 16.8. The van der Waals surface area contributed by atoms with Gasteiger partial charge in [0.05, 0.1) is 12.2 Å². The van der Waals surface area contributed by atoms with Gasteiger partial charge in [0.15, 0.2) is 5.96 Å². The number of aryl methyl sites for hydroxylation is 2. The molecule has 7 heteroatoms. The molecule has 0 saturated carbocycles. The Labute approximate surface area is 149 Å². The van der Waals surface area contributed by atoms with Gasteiger partial charge < -0.3 is 10.6 Å². The smallest absolute Gasteiger partial charge is 0.191 e. The van der Waals surface area contributed by atoms with Crippen LogP contribution >= 0.6 is 35.7 Å². The Balaban J connectivity index is 0.00000400. The van der Waals surface area contributed by atoms with Gasteiger partial charge in [-0.15, -0.1) is 24.0 Å². The van der Waals surface area contributed by atoms with Gasteiger partial charge >= 0.3 is 0 Å². The largest absolute Gasteiger partial charge is 0.357 e. The van der Waals surface area contributed by atoms with Crippen LogP contribution in [-0.4, -0.2) is 47.4 Å². The number of nitrogens with zero attached hydrogens (tertiary/aromatic N) is 3. The van der Waals surface area contributed by atoms with Gasteiger partial charge in [-0.2, -0.15) is 16.9 Å². The van der Waals surface area contributed by atoms with Crippen molar-refractivity contribution < 1.29 is 0 Å². The Morgan fingerprint density at radius 1 is 1.33 bits per heavy atom. The van der Waals surface area contributed by atoms with E-state index in [0.717, 1.165) is 43.5 Å². The number of nitrogens with one attached hydrogen (secondary N) is 2. The number of halogens is 1. The number of guanidine groups is 1. The minimum atomic E-state index is 0. The Bertz CT molecular complexity index is 445. The van der Waals surface area contributed by atoms with Gasteiger partial charge in [0.25, 0.3) is 0 Å². The maximum absolute atomic E-state index is 4.54. The molecule has 5 nitrogen and oxygen atoms in total. The minimum absolute atomic E-state index is 0. The summed E-state index contributed by atoms with van der Waals surface area (Å²) in [5.74, 6) is 1.96. The first kappa shape index (κ1) is 20.6. The highest BCUT2D eigenvalue weighted by atomic mass is 127. The first-order chi connectivity index (χ1) is 9.60. The van der Waals surface area contributed by atoms with Crippen molar-refractivity contribution in [2.45, 2.75) is 27.2 Å². The van der Waals surface area contributed by atoms with Gasteiger partial charge in [-0.1, -0.05) is 0 Å². The normalized spacial score (nSPS) is 11.2. The molecule has 0 aliphatic rings. The summed E-state index contributed by atoms with van der Waals surface area (Å²) in [5, 5.41) is 11.1. The summed E-state index contributed by atoms with van der Waals surface area (Å²) in [6.07, 6.45) is 3.07. The number of hydrogen-bond acceptors (Lipinski definition) is 3. The first-order valence-electron chi connectivity index (χ1n) is 7.10. The fourth-order valence-electron chi connectivity index (χ4n) is 2.08. The van der Waals surface area contributed by atoms with E-state index in [4.69, 9.17) is 0 Å². The number of thioether (sulfide) groups is 1. The van der Waals surface area contributed by atoms with Crippen molar-refractivity contribution in [3.05, 3.63) is 17.0 Å². The monoisotopic (exact) mass is 425 g/mol. The van der Waals surface area contributed by atoms with Crippen molar-refractivity contribution in [2.75, 3.05) is 31.6 Å². The fraction of sp³-hybridized carbons (Fsp3) is 0.714. The quantitative estimate of drug-likeness (QED) is 0.304. The average Bonchev–Trinajstić information content (AvgIpc) is 2.65. The van der Waals surface area contributed by atoms with Crippen molar-refractivity contribution in [1.82, 2.24) is 20.4 Å². The summed E-state index contributed by atoms with van der Waals surface area (Å²) in [6.45, 7) is 8.88. The molecule has 0 saturated heterocycles. The van der Waals surface area contributed by atoms with E-state index >= 15 is 0 Å². The number of hydrogen-bond donors (Lipinski definition) is 2. The van der Waals surface area contributed by atoms with Gasteiger partial charge in [0, 0.05) is 31.6 Å². The summed E-state index contributed by atoms with van der Waals surface area (Å²) < 4.78 is 1.95. The molecular formula is C14H28IN5S. The zero-order valence-electron chi connectivity index (χ0n) is 13.7. The van der Waals surface area contributed by atoms with E-state index in [0.29, 0.717) is 0 Å². The summed E-state index contributed by atoms with van der Waals surface area (Å²) in [6, 6.07) is 0. The Hall–Kier alpha value is -0.440. The number of rotatable bonds is 7. The van der Waals surface area contributed by atoms with E-state index in [9.17, 15) is 0 Å². The maximum Gasteiger partial charge on any atom is 0.191 e. The highest BCUT2D eigenvalue weighted by Crippen LogP contribution is 2.11. The summed E-state index contributed by atoms with van der Waals surface area (Å²) >= 11 is 1.82. The van der Waals surface area contributed by atoms with Crippen LogP contribution in [0.1, 0.15) is 23.9 Å². The van der Waals surface area contributed by atoms with Crippen LogP contribution in [0.4, 0.5) is 0 Å². The third kappa shape index (κ3) is 6.90. The van der Waals surface area contributed by atoms with E-state index in [-0.39, 0.29) is 24.0 Å². The second-order valence-electron chi connectivity index (χ2n) is 4.70. The number of aliphatic imine (C=N–C) groups is 1. The molecule has 0 aromatic carbocycles. The molecule has 21 heavy (non-hydrogen) atoms. The van der Waals surface area contributed by atoms with Crippen LogP contribution < -0.4 is 10.6 Å². The molecule has 1 rings (SSSR count). The van der Waals surface area contributed by atoms with E-state index in [2.05, 4.69) is 47.8 Å². The molecule has 2 N–H and O–H groups in total. The van der Waals surface area contributed by atoms with Gasteiger partial charge in [-0.05, 0) is 39.0 Å². The van der Waals surface area contributed by atoms with Gasteiger partial charge in [-0.3, -0.25) is 9.67 Å². The van der Waals surface area contributed by atoms with Crippen molar-refractivity contribution in [1.29, 1.82) is 0 Å². The molecule has 0 atom stereocenters. The summed E-state index contributed by atoms with van der Waals surface area (Å²) in [7, 11) is 1.99. The predicted octanol–water partition coefficient (Wildman–Crippen LogP) is 2.12. The topological polar surface area (TPSA) is 54.2 Å². The Kier molecular flexibility index (Phi) is 10.9. The lowest BCUT2D eigenvalue weighted by atomic mass is 10.1. The highest BCUT2D eigenvalue weighted by molar-refractivity contribution is 14.0. The average molecular weight is 425 g/mol. The molecule has 122 valence electrons. The molecule has 0 aliphatic heterocycles. The van der Waals surface area contributed by atoms with Crippen LogP contribution in [0.3, 0.4) is 0 Å². The lowest BCUT2D eigenvalue weighted by molar-refractivity contribution is 0.729. The summed E-state index contributed by atoms with van der Waals surface area (Å²) in [5.41, 5.74) is 3.70. The Morgan fingerprint density at radius 3 is 2.57 bits per heavy atom. The van der Waals surface area contributed by atoms with Crippen molar-refractivity contribution in [2.24, 2.45) is 12.0 Å². The lowest BCUT2D eigenvalue weighted by Crippen LogP contribution is -2.38. The zero-order chi connectivity index (χ0) is 15.0. The van der Waals surface area contributed by atoms with Crippen LogP contribution in [-0.2, 0) is 13.5 Å². The van der Waals surface area contributed by atoms with Crippen LogP contribution in [0.5, 0.6) is 0 Å². The molecule has 0 spiro atoms. The third-order valence-electron chi connectivity index (χ3n) is 3.24. The molecule has 0 amide bonds. The van der Waals surface area contributed by atoms with Crippen molar-refractivity contribution in [3.63, 3.8) is 0 Å². The Morgan fingerprint density at radius 2 is 2.05 bits per heavy atom. The molecule has 1 aromatic heterocycles. The minimum Gasteiger partial charge on any atom is -0.357 e. The molecule has 0 fully saturated rings. The van der Waals surface area contributed by atoms with E-state index < -0.39 is 0 Å². The molecule has 0 aliphatic carbocycles. The SMILES string of the molecule is CCNC(=NCCSC)NCCc1c(C)nn(C)c1C.I. The van der Waals surface area contributed by atoms with E-state index in [1.807, 2.05) is 23.5 Å². The molecule has 0 radical (unpaired) electrons. The molecule has 1 heterocycles. The maximum atomic E-state index is 4.54. The van der Waals surface area contributed by atoms with E-state index in [1.165, 1.54) is 11.3 Å². The van der Waals surface area contributed by atoms with Crippen LogP contribution in [0, 0.1) is 13.8 Å². The molecular weight excluding hydrogens is 397 g/mol. The second-order valence-corrected chi connectivity index (χ2v) is 5.69. The second kappa shape index (κ2) is 11.2. The highest BCUT2D eigenvalue weighted by Gasteiger charge is 2.08. The number of aromatic nitrogens is 2. The van der Waals surface area contributed by atoms with Gasteiger partial charge in [0.1, 0.15) is 0 Å². The predicted molar refractivity (Wildman–Crippen MR) is 104 cm³/mol. The third-order valence-corrected chi connectivity index (χ3v) is 3.83. The van der Waals surface area contributed by atoms with Gasteiger partial charge in [-0.25, -0.2) is 0 Å². The molecule has 0 bridgehead atoms. The van der Waals surface area contributed by atoms with Crippen LogP contribution in [0.25, 0.3) is 0 Å². The lowest BCUT2D eigenvalue weighted by Gasteiger charge is -2.11. The van der Waals surface area contributed by atoms with Gasteiger partial charge in [0.2, 0.25) is 0 Å². The summed E-state index contributed by atoms with van der Waals surface area (Å²) in [4.78, 5) is 4.54. The van der Waals surface area contributed by atoms with Crippen LogP contribution in [0.2, 0.25) is 0 Å². The van der Waals surface area contributed by atoms with Crippen LogP contribution in [0.15, 0.2) is 4.99 Å². The van der Waals surface area contributed by atoms with E-state index in [1.54, 1.807) is 0 Å². The first-order valence-corrected chi connectivity index (χ1v) is 8.49.